The zero-order valence-electron chi connectivity index (χ0n) is 11.3. The number of rotatable bonds is 6. The molecule has 0 spiro atoms. The summed E-state index contributed by atoms with van der Waals surface area (Å²) in [6.07, 6.45) is 2.43. The molecule has 1 amide bonds. The summed E-state index contributed by atoms with van der Waals surface area (Å²) in [5.74, 6) is -0.601. The minimum atomic E-state index is -0.538. The molecule has 1 aromatic carbocycles. The highest BCUT2D eigenvalue weighted by Crippen LogP contribution is 2.29. The van der Waals surface area contributed by atoms with Crippen LogP contribution in [0.5, 0.6) is 5.75 Å². The molecule has 2 rings (SSSR count). The summed E-state index contributed by atoms with van der Waals surface area (Å²) >= 11 is 4.84. The van der Waals surface area contributed by atoms with Gasteiger partial charge >= 0.3 is 0 Å². The van der Waals surface area contributed by atoms with Gasteiger partial charge in [-0.05, 0) is 31.0 Å². The van der Waals surface area contributed by atoms with Gasteiger partial charge in [-0.2, -0.15) is 0 Å². The van der Waals surface area contributed by atoms with Crippen LogP contribution < -0.4 is 10.5 Å². The molecular weight excluding hydrogens is 279 g/mol. The Labute approximate surface area is 122 Å². The van der Waals surface area contributed by atoms with Gasteiger partial charge in [0.05, 0.1) is 12.1 Å². The average molecular weight is 296 g/mol. The largest absolute Gasteiger partial charge is 0.494 e. The molecule has 6 heteroatoms. The molecule has 0 aromatic heterocycles. The number of methoxy groups -OCH3 is 1. The second-order valence-electron chi connectivity index (χ2n) is 4.80. The second-order valence-corrected chi connectivity index (χ2v) is 5.32. The Morgan fingerprint density at radius 3 is 2.75 bits per heavy atom. The van der Waals surface area contributed by atoms with E-state index in [1.165, 1.54) is 19.2 Å². The van der Waals surface area contributed by atoms with Crippen molar-refractivity contribution >= 4 is 23.1 Å². The van der Waals surface area contributed by atoms with E-state index in [2.05, 4.69) is 0 Å². The van der Waals surface area contributed by atoms with E-state index in [4.69, 9.17) is 22.7 Å². The number of nitrogens with zero attached hydrogens (tertiary/aromatic N) is 1. The van der Waals surface area contributed by atoms with Crippen molar-refractivity contribution in [3.8, 4) is 5.75 Å². The number of hydrogen-bond donors (Lipinski definition) is 1. The molecule has 20 heavy (non-hydrogen) atoms. The zero-order chi connectivity index (χ0) is 14.7. The molecule has 1 saturated carbocycles. The second kappa shape index (κ2) is 6.17. The van der Waals surface area contributed by atoms with E-state index in [0.29, 0.717) is 23.5 Å². The van der Waals surface area contributed by atoms with Crippen molar-refractivity contribution in [3.05, 3.63) is 29.6 Å². The van der Waals surface area contributed by atoms with Gasteiger partial charge in [-0.1, -0.05) is 12.2 Å². The predicted molar refractivity (Wildman–Crippen MR) is 78.4 cm³/mol. The lowest BCUT2D eigenvalue weighted by atomic mass is 10.1. The zero-order valence-corrected chi connectivity index (χ0v) is 12.1. The Kier molecular flexibility index (Phi) is 4.54. The van der Waals surface area contributed by atoms with Crippen LogP contribution in [0.4, 0.5) is 4.39 Å². The minimum Gasteiger partial charge on any atom is -0.494 e. The van der Waals surface area contributed by atoms with Crippen LogP contribution >= 0.6 is 12.2 Å². The van der Waals surface area contributed by atoms with Gasteiger partial charge in [0.1, 0.15) is 0 Å². The molecule has 0 atom stereocenters. The van der Waals surface area contributed by atoms with E-state index >= 15 is 0 Å². The van der Waals surface area contributed by atoms with Crippen molar-refractivity contribution in [1.82, 2.24) is 4.90 Å². The number of ether oxygens (including phenoxy) is 1. The third kappa shape index (κ3) is 3.45. The van der Waals surface area contributed by atoms with Gasteiger partial charge in [0.2, 0.25) is 0 Å². The Hall–Kier alpha value is -1.69. The average Bonchev–Trinajstić information content (AvgIpc) is 3.23. The lowest BCUT2D eigenvalue weighted by Crippen LogP contribution is -2.35. The molecule has 0 saturated heterocycles. The minimum absolute atomic E-state index is 0.127. The molecular formula is C14H17FN2O2S. The van der Waals surface area contributed by atoms with Gasteiger partial charge in [0.15, 0.2) is 11.6 Å². The molecule has 0 unspecified atom stereocenters. The third-order valence-electron chi connectivity index (χ3n) is 3.25. The van der Waals surface area contributed by atoms with Crippen LogP contribution in [0.3, 0.4) is 0 Å². The van der Waals surface area contributed by atoms with Crippen LogP contribution in [0.1, 0.15) is 29.6 Å². The summed E-state index contributed by atoms with van der Waals surface area (Å²) < 4.78 is 18.5. The van der Waals surface area contributed by atoms with Gasteiger partial charge in [-0.15, -0.1) is 0 Å². The first-order valence-corrected chi connectivity index (χ1v) is 6.86. The summed E-state index contributed by atoms with van der Waals surface area (Å²) in [6, 6.07) is 4.46. The molecule has 2 N–H and O–H groups in total. The lowest BCUT2D eigenvalue weighted by molar-refractivity contribution is 0.0747. The van der Waals surface area contributed by atoms with E-state index in [1.54, 1.807) is 11.0 Å². The lowest BCUT2D eigenvalue weighted by Gasteiger charge is -2.22. The van der Waals surface area contributed by atoms with Crippen molar-refractivity contribution in [2.45, 2.75) is 25.3 Å². The Bertz CT molecular complexity index is 532. The van der Waals surface area contributed by atoms with Crippen molar-refractivity contribution in [2.75, 3.05) is 13.7 Å². The highest BCUT2D eigenvalue weighted by atomic mass is 32.1. The monoisotopic (exact) mass is 296 g/mol. The number of amides is 1. The maximum Gasteiger partial charge on any atom is 0.254 e. The topological polar surface area (TPSA) is 55.6 Å². The van der Waals surface area contributed by atoms with Crippen molar-refractivity contribution in [1.29, 1.82) is 0 Å². The smallest absolute Gasteiger partial charge is 0.254 e. The highest BCUT2D eigenvalue weighted by Gasteiger charge is 2.33. The standard InChI is InChI=1S/C14H17FN2O2S/c1-19-12-5-2-9(8-11(12)15)14(18)17(10-3-4-10)7-6-13(16)20/h2,5,8,10H,3-4,6-7H2,1H3,(H2,16,20). The van der Waals surface area contributed by atoms with Crippen molar-refractivity contribution in [3.63, 3.8) is 0 Å². The van der Waals surface area contributed by atoms with E-state index < -0.39 is 5.82 Å². The Morgan fingerprint density at radius 2 is 2.25 bits per heavy atom. The molecule has 1 aliphatic rings. The van der Waals surface area contributed by atoms with Crippen LogP contribution in [-0.2, 0) is 0 Å². The number of carbonyl (C=O) groups excluding carboxylic acids is 1. The van der Waals surface area contributed by atoms with Gasteiger partial charge in [-0.3, -0.25) is 4.79 Å². The van der Waals surface area contributed by atoms with E-state index in [1.807, 2.05) is 0 Å². The number of halogens is 1. The predicted octanol–water partition coefficient (Wildman–Crippen LogP) is 2.12. The SMILES string of the molecule is COc1ccc(C(=O)N(CCC(N)=S)C2CC2)cc1F. The van der Waals surface area contributed by atoms with Gasteiger partial charge < -0.3 is 15.4 Å². The van der Waals surface area contributed by atoms with Crippen LogP contribution in [0.2, 0.25) is 0 Å². The van der Waals surface area contributed by atoms with E-state index in [9.17, 15) is 9.18 Å². The fourth-order valence-electron chi connectivity index (χ4n) is 2.03. The normalized spacial score (nSPS) is 13.9. The quantitative estimate of drug-likeness (QED) is 0.817. The summed E-state index contributed by atoms with van der Waals surface area (Å²) in [6.45, 7) is 0.479. The Balaban J connectivity index is 2.14. The Morgan fingerprint density at radius 1 is 1.55 bits per heavy atom. The van der Waals surface area contributed by atoms with Gasteiger partial charge in [0, 0.05) is 24.6 Å². The molecule has 1 aromatic rings. The fraction of sp³-hybridized carbons (Fsp3) is 0.429. The maximum atomic E-state index is 13.7. The summed E-state index contributed by atoms with van der Waals surface area (Å²) in [5.41, 5.74) is 5.80. The number of benzene rings is 1. The molecule has 4 nitrogen and oxygen atoms in total. The maximum absolute atomic E-state index is 13.7. The fourth-order valence-corrected chi connectivity index (χ4v) is 2.12. The van der Waals surface area contributed by atoms with E-state index in [0.717, 1.165) is 12.8 Å². The van der Waals surface area contributed by atoms with E-state index in [-0.39, 0.29) is 17.7 Å². The molecule has 1 aliphatic carbocycles. The molecule has 108 valence electrons. The summed E-state index contributed by atoms with van der Waals surface area (Å²) in [4.78, 5) is 14.5. The van der Waals surface area contributed by atoms with Gasteiger partial charge in [0.25, 0.3) is 5.91 Å². The number of nitrogens with two attached hydrogens (primary N) is 1. The number of thiocarbonyl (C=S) groups is 1. The first kappa shape index (κ1) is 14.7. The van der Waals surface area contributed by atoms with Gasteiger partial charge in [-0.25, -0.2) is 4.39 Å². The summed E-state index contributed by atoms with van der Waals surface area (Å²) in [5, 5.41) is 0. The molecule has 1 fully saturated rings. The van der Waals surface area contributed by atoms with Crippen LogP contribution in [-0.4, -0.2) is 35.5 Å². The highest BCUT2D eigenvalue weighted by molar-refractivity contribution is 7.80. The molecule has 0 bridgehead atoms. The van der Waals surface area contributed by atoms with Crippen molar-refractivity contribution < 1.29 is 13.9 Å². The molecule has 0 radical (unpaired) electrons. The first-order chi connectivity index (χ1) is 9.52. The number of hydrogen-bond acceptors (Lipinski definition) is 3. The molecule has 0 heterocycles. The van der Waals surface area contributed by atoms with Crippen LogP contribution in [0.15, 0.2) is 18.2 Å². The van der Waals surface area contributed by atoms with Crippen molar-refractivity contribution in [2.24, 2.45) is 5.73 Å². The number of carbonyl (C=O) groups is 1. The third-order valence-corrected chi connectivity index (χ3v) is 3.45. The van der Waals surface area contributed by atoms with Crippen LogP contribution in [0, 0.1) is 5.82 Å². The molecule has 0 aliphatic heterocycles. The van der Waals surface area contributed by atoms with Crippen LogP contribution in [0.25, 0.3) is 0 Å². The summed E-state index contributed by atoms with van der Waals surface area (Å²) in [7, 11) is 1.39. The first-order valence-electron chi connectivity index (χ1n) is 6.45.